The Morgan fingerprint density at radius 1 is 0.793 bits per heavy atom. The molecule has 0 radical (unpaired) electrons. The molecule has 1 heteroatoms. The van der Waals surface area contributed by atoms with Crippen LogP contribution in [0.4, 0.5) is 5.69 Å². The van der Waals surface area contributed by atoms with Gasteiger partial charge in [-0.25, -0.2) is 0 Å². The molecule has 2 unspecified atom stereocenters. The minimum absolute atomic E-state index is 0.466. The molecule has 0 fully saturated rings. The predicted octanol–water partition coefficient (Wildman–Crippen LogP) is 7.19. The maximum absolute atomic E-state index is 3.65. The molecular formula is C28H27N. The van der Waals surface area contributed by atoms with Crippen LogP contribution in [-0.4, -0.2) is 0 Å². The lowest BCUT2D eigenvalue weighted by atomic mass is 9.83. The largest absolute Gasteiger partial charge is 0.355 e. The summed E-state index contributed by atoms with van der Waals surface area (Å²) in [7, 11) is 0. The number of fused-ring (bicyclic) bond motifs is 1. The smallest absolute Gasteiger partial charge is 0.0460 e. The van der Waals surface area contributed by atoms with Crippen molar-refractivity contribution in [3.05, 3.63) is 119 Å². The Morgan fingerprint density at radius 2 is 1.72 bits per heavy atom. The van der Waals surface area contributed by atoms with E-state index in [-0.39, 0.29) is 0 Å². The van der Waals surface area contributed by atoms with E-state index in [1.165, 1.54) is 33.6 Å². The number of anilines is 1. The second kappa shape index (κ2) is 8.13. The highest BCUT2D eigenvalue weighted by atomic mass is 14.9. The van der Waals surface area contributed by atoms with E-state index in [9.17, 15) is 0 Å². The van der Waals surface area contributed by atoms with Gasteiger partial charge in [0.2, 0.25) is 0 Å². The fraction of sp³-hybridized carbons (Fsp3) is 0.214. The van der Waals surface area contributed by atoms with Gasteiger partial charge in [0.1, 0.15) is 0 Å². The molecule has 0 aromatic heterocycles. The minimum atomic E-state index is 0.466. The Hall–Kier alpha value is -3.06. The molecule has 0 saturated carbocycles. The highest BCUT2D eigenvalue weighted by Gasteiger charge is 2.18. The number of rotatable bonds is 4. The summed E-state index contributed by atoms with van der Waals surface area (Å²) in [4.78, 5) is 0. The Labute approximate surface area is 173 Å². The Bertz CT molecular complexity index is 1030. The van der Waals surface area contributed by atoms with Crippen LogP contribution in [0.5, 0.6) is 0 Å². The number of aryl methyl sites for hydroxylation is 1. The van der Waals surface area contributed by atoms with Gasteiger partial charge in [0.25, 0.3) is 0 Å². The van der Waals surface area contributed by atoms with Gasteiger partial charge in [-0.1, -0.05) is 85.0 Å². The molecule has 0 bridgehead atoms. The summed E-state index contributed by atoms with van der Waals surface area (Å²) >= 11 is 0. The Morgan fingerprint density at radius 3 is 2.59 bits per heavy atom. The van der Waals surface area contributed by atoms with Crippen molar-refractivity contribution in [2.75, 3.05) is 5.32 Å². The fourth-order valence-electron chi connectivity index (χ4n) is 4.58. The highest BCUT2D eigenvalue weighted by Crippen LogP contribution is 2.34. The van der Waals surface area contributed by atoms with E-state index < -0.39 is 0 Å². The van der Waals surface area contributed by atoms with E-state index in [0.29, 0.717) is 11.8 Å². The summed E-state index contributed by atoms with van der Waals surface area (Å²) in [6, 6.07) is 17.5. The molecular weight excluding hydrogens is 350 g/mol. The summed E-state index contributed by atoms with van der Waals surface area (Å²) in [5.41, 5.74) is 8.06. The molecule has 0 amide bonds. The van der Waals surface area contributed by atoms with Crippen LogP contribution in [-0.2, 0) is 6.42 Å². The summed E-state index contributed by atoms with van der Waals surface area (Å²) in [6.45, 7) is 0. The first kappa shape index (κ1) is 18.0. The molecule has 5 rings (SSSR count). The third-order valence-electron chi connectivity index (χ3n) is 6.19. The Balaban J connectivity index is 1.29. The normalized spacial score (nSPS) is 22.6. The van der Waals surface area contributed by atoms with E-state index in [4.69, 9.17) is 0 Å². The zero-order chi connectivity index (χ0) is 19.5. The summed E-state index contributed by atoms with van der Waals surface area (Å²) in [5.74, 6) is 0.962. The average molecular weight is 378 g/mol. The number of hydrogen-bond donors (Lipinski definition) is 1. The predicted molar refractivity (Wildman–Crippen MR) is 124 cm³/mol. The average Bonchev–Trinajstić information content (AvgIpc) is 2.81. The molecule has 1 N–H and O–H groups in total. The molecule has 2 aromatic rings. The lowest BCUT2D eigenvalue weighted by molar-refractivity contribution is 0.742. The maximum Gasteiger partial charge on any atom is 0.0460 e. The molecule has 2 atom stereocenters. The van der Waals surface area contributed by atoms with Crippen molar-refractivity contribution in [3.63, 3.8) is 0 Å². The first-order chi connectivity index (χ1) is 14.4. The van der Waals surface area contributed by atoms with Crippen molar-refractivity contribution in [2.45, 2.75) is 31.6 Å². The standard InChI is InChI=1S/C28H27N/c1-2-8-21(9-3-1)24-12-6-13-25(20-24)22-16-18-26(19-17-22)29-28-15-7-11-23-10-4-5-14-27(23)28/h1-3,5-9,11,13-16,18-20,22,24,29H,4,10,12,17H2. The zero-order valence-corrected chi connectivity index (χ0v) is 16.7. The SMILES string of the molecule is C1=Cc2c(cccc2NC2=CCC(C3=CC(c4ccccc4)CC=C3)C=C2)CC1. The number of benzene rings is 2. The van der Waals surface area contributed by atoms with Crippen LogP contribution < -0.4 is 5.32 Å². The molecule has 0 heterocycles. The van der Waals surface area contributed by atoms with E-state index in [0.717, 1.165) is 25.7 Å². The van der Waals surface area contributed by atoms with Crippen molar-refractivity contribution in [3.8, 4) is 0 Å². The second-order valence-corrected chi connectivity index (χ2v) is 8.13. The minimum Gasteiger partial charge on any atom is -0.355 e. The van der Waals surface area contributed by atoms with Crippen LogP contribution in [0.2, 0.25) is 0 Å². The summed E-state index contributed by atoms with van der Waals surface area (Å²) in [5, 5.41) is 3.65. The van der Waals surface area contributed by atoms with Gasteiger partial charge in [0.05, 0.1) is 0 Å². The van der Waals surface area contributed by atoms with Gasteiger partial charge >= 0.3 is 0 Å². The van der Waals surface area contributed by atoms with Crippen LogP contribution in [0.15, 0.2) is 102 Å². The number of allylic oxidation sites excluding steroid dienone is 8. The lowest BCUT2D eigenvalue weighted by Gasteiger charge is -2.24. The molecule has 0 spiro atoms. The lowest BCUT2D eigenvalue weighted by Crippen LogP contribution is -2.10. The van der Waals surface area contributed by atoms with E-state index in [2.05, 4.69) is 102 Å². The monoisotopic (exact) mass is 377 g/mol. The zero-order valence-electron chi connectivity index (χ0n) is 16.7. The van der Waals surface area contributed by atoms with Gasteiger partial charge in [-0.05, 0) is 54.5 Å². The van der Waals surface area contributed by atoms with Crippen molar-refractivity contribution in [1.29, 1.82) is 0 Å². The third-order valence-corrected chi connectivity index (χ3v) is 6.19. The van der Waals surface area contributed by atoms with Gasteiger partial charge in [-0.15, -0.1) is 0 Å². The van der Waals surface area contributed by atoms with Crippen LogP contribution in [0, 0.1) is 5.92 Å². The number of nitrogens with one attached hydrogen (secondary N) is 1. The summed E-state index contributed by atoms with van der Waals surface area (Å²) < 4.78 is 0. The quantitative estimate of drug-likeness (QED) is 0.594. The van der Waals surface area contributed by atoms with Crippen molar-refractivity contribution >= 4 is 11.8 Å². The van der Waals surface area contributed by atoms with Crippen molar-refractivity contribution in [1.82, 2.24) is 0 Å². The first-order valence-corrected chi connectivity index (χ1v) is 10.7. The molecule has 2 aromatic carbocycles. The number of hydrogen-bond acceptors (Lipinski definition) is 1. The van der Waals surface area contributed by atoms with Gasteiger partial charge in [0, 0.05) is 28.8 Å². The third kappa shape index (κ3) is 3.91. The maximum atomic E-state index is 3.65. The van der Waals surface area contributed by atoms with Crippen molar-refractivity contribution in [2.24, 2.45) is 5.92 Å². The van der Waals surface area contributed by atoms with Crippen LogP contribution in [0.3, 0.4) is 0 Å². The molecule has 1 nitrogen and oxygen atoms in total. The van der Waals surface area contributed by atoms with Crippen LogP contribution in [0.25, 0.3) is 6.08 Å². The second-order valence-electron chi connectivity index (χ2n) is 8.13. The van der Waals surface area contributed by atoms with E-state index in [1.54, 1.807) is 0 Å². The summed E-state index contributed by atoms with van der Waals surface area (Å²) in [6.07, 6.45) is 23.0. The van der Waals surface area contributed by atoms with Crippen LogP contribution in [0.1, 0.15) is 41.9 Å². The molecule has 3 aliphatic carbocycles. The molecule has 29 heavy (non-hydrogen) atoms. The topological polar surface area (TPSA) is 12.0 Å². The van der Waals surface area contributed by atoms with Gasteiger partial charge < -0.3 is 5.32 Å². The molecule has 144 valence electrons. The fourth-order valence-corrected chi connectivity index (χ4v) is 4.58. The van der Waals surface area contributed by atoms with Gasteiger partial charge in [-0.3, -0.25) is 0 Å². The van der Waals surface area contributed by atoms with E-state index >= 15 is 0 Å². The molecule has 0 aliphatic heterocycles. The molecule has 0 saturated heterocycles. The van der Waals surface area contributed by atoms with Gasteiger partial charge in [-0.2, -0.15) is 0 Å². The van der Waals surface area contributed by atoms with Crippen LogP contribution >= 0.6 is 0 Å². The van der Waals surface area contributed by atoms with Gasteiger partial charge in [0.15, 0.2) is 0 Å². The van der Waals surface area contributed by atoms with E-state index in [1.807, 2.05) is 0 Å². The Kier molecular flexibility index (Phi) is 5.04. The van der Waals surface area contributed by atoms with Crippen molar-refractivity contribution < 1.29 is 0 Å². The highest BCUT2D eigenvalue weighted by molar-refractivity contribution is 5.73. The first-order valence-electron chi connectivity index (χ1n) is 10.7. The molecule has 3 aliphatic rings.